The third kappa shape index (κ3) is 3.31. The van der Waals surface area contributed by atoms with E-state index in [-0.39, 0.29) is 0 Å². The van der Waals surface area contributed by atoms with E-state index in [2.05, 4.69) is 52.2 Å². The van der Waals surface area contributed by atoms with Gasteiger partial charge in [-0.1, -0.05) is 19.9 Å². The summed E-state index contributed by atoms with van der Waals surface area (Å²) in [5.74, 6) is 2.12. The number of hydrogen-bond donors (Lipinski definition) is 1. The lowest BCUT2D eigenvalue weighted by Crippen LogP contribution is -1.99. The molecule has 1 N–H and O–H groups in total. The first-order chi connectivity index (χ1) is 9.51. The Morgan fingerprint density at radius 3 is 2.60 bits per heavy atom. The molecule has 0 fully saturated rings. The number of pyridine rings is 1. The fourth-order valence-corrected chi connectivity index (χ4v) is 2.13. The van der Waals surface area contributed by atoms with Crippen molar-refractivity contribution in [2.45, 2.75) is 26.7 Å². The molecule has 0 aliphatic heterocycles. The average Bonchev–Trinajstić information content (AvgIpc) is 2.43. The molecule has 0 radical (unpaired) electrons. The Kier molecular flexibility index (Phi) is 4.65. The molecule has 1 aromatic carbocycles. The highest BCUT2D eigenvalue weighted by Crippen LogP contribution is 2.31. The number of benzene rings is 1. The van der Waals surface area contributed by atoms with E-state index >= 15 is 0 Å². The molecule has 3 nitrogen and oxygen atoms in total. The van der Waals surface area contributed by atoms with Crippen molar-refractivity contribution in [1.29, 1.82) is 0 Å². The Morgan fingerprint density at radius 1 is 1.25 bits per heavy atom. The predicted octanol–water partition coefficient (Wildman–Crippen LogP) is 5.03. The number of nitrogens with one attached hydrogen (secondary N) is 1. The second kappa shape index (κ2) is 6.27. The van der Waals surface area contributed by atoms with E-state index < -0.39 is 0 Å². The van der Waals surface area contributed by atoms with E-state index in [0.717, 1.165) is 27.3 Å². The molecule has 0 aliphatic carbocycles. The first-order valence-electron chi connectivity index (χ1n) is 6.58. The van der Waals surface area contributed by atoms with Crippen LogP contribution in [-0.4, -0.2) is 12.1 Å². The molecule has 2 aromatic rings. The number of aromatic nitrogens is 1. The lowest BCUT2D eigenvalue weighted by atomic mass is 10.0. The van der Waals surface area contributed by atoms with Crippen molar-refractivity contribution in [3.05, 3.63) is 46.1 Å². The van der Waals surface area contributed by atoms with Gasteiger partial charge in [-0.15, -0.1) is 0 Å². The van der Waals surface area contributed by atoms with Crippen LogP contribution in [0.3, 0.4) is 0 Å². The van der Waals surface area contributed by atoms with Gasteiger partial charge in [0.2, 0.25) is 0 Å². The highest BCUT2D eigenvalue weighted by atomic mass is 79.9. The summed E-state index contributed by atoms with van der Waals surface area (Å²) in [4.78, 5) is 4.35. The maximum absolute atomic E-state index is 5.46. The molecule has 0 atom stereocenters. The quantitative estimate of drug-likeness (QED) is 0.851. The van der Waals surface area contributed by atoms with Crippen molar-refractivity contribution in [3.63, 3.8) is 0 Å². The number of aryl methyl sites for hydroxylation is 1. The van der Waals surface area contributed by atoms with Crippen LogP contribution in [0.5, 0.6) is 5.75 Å². The average molecular weight is 335 g/mol. The second-order valence-electron chi connectivity index (χ2n) is 5.06. The molecule has 1 aromatic heterocycles. The zero-order chi connectivity index (χ0) is 14.7. The maximum Gasteiger partial charge on any atom is 0.142 e. The van der Waals surface area contributed by atoms with Crippen LogP contribution < -0.4 is 10.1 Å². The van der Waals surface area contributed by atoms with Crippen LogP contribution in [0.15, 0.2) is 34.9 Å². The lowest BCUT2D eigenvalue weighted by Gasteiger charge is -2.14. The van der Waals surface area contributed by atoms with Crippen molar-refractivity contribution in [2.75, 3.05) is 12.4 Å². The summed E-state index contributed by atoms with van der Waals surface area (Å²) in [6.07, 6.45) is 1.80. The van der Waals surface area contributed by atoms with Gasteiger partial charge in [0.05, 0.1) is 12.8 Å². The molecule has 4 heteroatoms. The zero-order valence-electron chi connectivity index (χ0n) is 12.2. The Morgan fingerprint density at radius 2 is 2.00 bits per heavy atom. The number of nitrogens with zero attached hydrogens (tertiary/aromatic N) is 1. The number of halogens is 1. The van der Waals surface area contributed by atoms with Gasteiger partial charge in [-0.3, -0.25) is 0 Å². The van der Waals surface area contributed by atoms with E-state index in [1.807, 2.05) is 19.1 Å². The van der Waals surface area contributed by atoms with E-state index in [4.69, 9.17) is 4.74 Å². The first kappa shape index (κ1) is 14.9. The molecule has 1 heterocycles. The molecule has 0 aliphatic rings. The van der Waals surface area contributed by atoms with E-state index in [0.29, 0.717) is 5.92 Å². The minimum absolute atomic E-state index is 0.478. The summed E-state index contributed by atoms with van der Waals surface area (Å²) in [6, 6.07) is 8.22. The summed E-state index contributed by atoms with van der Waals surface area (Å²) in [5, 5.41) is 3.30. The van der Waals surface area contributed by atoms with Gasteiger partial charge in [0.15, 0.2) is 0 Å². The fourth-order valence-electron chi connectivity index (χ4n) is 1.92. The van der Waals surface area contributed by atoms with Gasteiger partial charge in [0, 0.05) is 10.7 Å². The molecule has 0 unspecified atom stereocenters. The minimum Gasteiger partial charge on any atom is -0.495 e. The molecular formula is C16H19BrN2O. The number of rotatable bonds is 4. The van der Waals surface area contributed by atoms with E-state index in [9.17, 15) is 0 Å². The van der Waals surface area contributed by atoms with Gasteiger partial charge in [-0.2, -0.15) is 0 Å². The van der Waals surface area contributed by atoms with Gasteiger partial charge in [0.25, 0.3) is 0 Å². The number of ether oxygens (including phenoxy) is 1. The van der Waals surface area contributed by atoms with E-state index in [1.54, 1.807) is 13.3 Å². The minimum atomic E-state index is 0.478. The van der Waals surface area contributed by atoms with Crippen molar-refractivity contribution >= 4 is 27.4 Å². The zero-order valence-corrected chi connectivity index (χ0v) is 13.8. The van der Waals surface area contributed by atoms with Gasteiger partial charge < -0.3 is 10.1 Å². The monoisotopic (exact) mass is 334 g/mol. The predicted molar refractivity (Wildman–Crippen MR) is 87.0 cm³/mol. The molecule has 0 amide bonds. The third-order valence-corrected chi connectivity index (χ3v) is 4.03. The molecule has 106 valence electrons. The van der Waals surface area contributed by atoms with Crippen molar-refractivity contribution in [1.82, 2.24) is 4.98 Å². The molecule has 20 heavy (non-hydrogen) atoms. The molecule has 0 saturated heterocycles. The maximum atomic E-state index is 5.46. The Bertz CT molecular complexity index is 611. The summed E-state index contributed by atoms with van der Waals surface area (Å²) < 4.78 is 6.47. The molecule has 0 bridgehead atoms. The number of hydrogen-bond acceptors (Lipinski definition) is 3. The summed E-state index contributed by atoms with van der Waals surface area (Å²) in [6.45, 7) is 6.37. The largest absolute Gasteiger partial charge is 0.495 e. The SMILES string of the molecule is COc1cc(C(C)C)ccc1Nc1cc(C)c(Br)cn1. The Balaban J connectivity index is 2.30. The van der Waals surface area contributed by atoms with Crippen LogP contribution in [0.4, 0.5) is 11.5 Å². The van der Waals surface area contributed by atoms with Crippen molar-refractivity contribution in [2.24, 2.45) is 0 Å². The summed E-state index contributed by atoms with van der Waals surface area (Å²) >= 11 is 3.45. The standard InChI is InChI=1S/C16H19BrN2O/c1-10(2)12-5-6-14(15(8-12)20-4)19-16-7-11(3)13(17)9-18-16/h5-10H,1-4H3,(H,18,19). The van der Waals surface area contributed by atoms with Gasteiger partial charge >= 0.3 is 0 Å². The summed E-state index contributed by atoms with van der Waals surface area (Å²) in [5.41, 5.74) is 3.32. The van der Waals surface area contributed by atoms with E-state index in [1.165, 1.54) is 5.56 Å². The Hall–Kier alpha value is -1.55. The lowest BCUT2D eigenvalue weighted by molar-refractivity contribution is 0.416. The first-order valence-corrected chi connectivity index (χ1v) is 7.37. The normalized spacial score (nSPS) is 10.7. The molecule has 2 rings (SSSR count). The molecule has 0 saturated carbocycles. The fraction of sp³-hybridized carbons (Fsp3) is 0.312. The number of anilines is 2. The van der Waals surface area contributed by atoms with Gasteiger partial charge in [-0.25, -0.2) is 4.98 Å². The van der Waals surface area contributed by atoms with Crippen molar-refractivity contribution in [3.8, 4) is 5.75 Å². The highest BCUT2D eigenvalue weighted by Gasteiger charge is 2.08. The Labute approximate surface area is 128 Å². The van der Waals surface area contributed by atoms with Gasteiger partial charge in [0.1, 0.15) is 11.6 Å². The topological polar surface area (TPSA) is 34.1 Å². The van der Waals surface area contributed by atoms with Crippen LogP contribution in [-0.2, 0) is 0 Å². The second-order valence-corrected chi connectivity index (χ2v) is 5.91. The molecule has 0 spiro atoms. The smallest absolute Gasteiger partial charge is 0.142 e. The van der Waals surface area contributed by atoms with Crippen molar-refractivity contribution < 1.29 is 4.74 Å². The van der Waals surface area contributed by atoms with Crippen LogP contribution in [0.1, 0.15) is 30.9 Å². The molecular weight excluding hydrogens is 316 g/mol. The van der Waals surface area contributed by atoms with Crippen LogP contribution in [0.25, 0.3) is 0 Å². The summed E-state index contributed by atoms with van der Waals surface area (Å²) in [7, 11) is 1.69. The highest BCUT2D eigenvalue weighted by molar-refractivity contribution is 9.10. The number of methoxy groups -OCH3 is 1. The van der Waals surface area contributed by atoms with Gasteiger partial charge in [-0.05, 0) is 58.1 Å². The third-order valence-electron chi connectivity index (χ3n) is 3.20. The van der Waals surface area contributed by atoms with Crippen LogP contribution in [0.2, 0.25) is 0 Å². The van der Waals surface area contributed by atoms with Crippen LogP contribution >= 0.6 is 15.9 Å². The van der Waals surface area contributed by atoms with Crippen LogP contribution in [0, 0.1) is 6.92 Å².